The average Bonchev–Trinajstić information content (AvgIpc) is 2.55. The minimum absolute atomic E-state index is 1.03. The highest BCUT2D eigenvalue weighted by Crippen LogP contribution is 2.13. The summed E-state index contributed by atoms with van der Waals surface area (Å²) in [5, 5.41) is 3.02. The van der Waals surface area contributed by atoms with Gasteiger partial charge in [0.15, 0.2) is 5.13 Å². The van der Waals surface area contributed by atoms with Crippen LogP contribution in [0.25, 0.3) is 5.13 Å². The summed E-state index contributed by atoms with van der Waals surface area (Å²) < 4.78 is 2.07. The Morgan fingerprint density at radius 2 is 2.45 bits per heavy atom. The van der Waals surface area contributed by atoms with Crippen molar-refractivity contribution in [1.29, 1.82) is 0 Å². The van der Waals surface area contributed by atoms with Gasteiger partial charge in [0.25, 0.3) is 0 Å². The third-order valence-electron chi connectivity index (χ3n) is 1.58. The van der Waals surface area contributed by atoms with Gasteiger partial charge in [-0.3, -0.25) is 4.57 Å². The summed E-state index contributed by atoms with van der Waals surface area (Å²) in [6, 6.07) is 4.10. The van der Waals surface area contributed by atoms with Gasteiger partial charge in [-0.15, -0.1) is 11.3 Å². The number of aromatic nitrogens is 2. The normalized spacial score (nSPS) is 10.3. The van der Waals surface area contributed by atoms with E-state index in [1.54, 1.807) is 11.3 Å². The van der Waals surface area contributed by atoms with Crippen molar-refractivity contribution in [2.75, 3.05) is 0 Å². The molecule has 0 spiro atoms. The molecule has 0 radical (unpaired) electrons. The zero-order chi connectivity index (χ0) is 7.68. The third-order valence-corrected chi connectivity index (χ3v) is 2.35. The first-order valence-electron chi connectivity index (χ1n) is 3.42. The molecule has 0 N–H and O–H groups in total. The zero-order valence-electron chi connectivity index (χ0n) is 6.19. The monoisotopic (exact) mass is 164 g/mol. The quantitative estimate of drug-likeness (QED) is 0.632. The molecule has 0 fully saturated rings. The second kappa shape index (κ2) is 2.51. The summed E-state index contributed by atoms with van der Waals surface area (Å²) in [5.74, 6) is 0. The molecule has 2 aromatic heterocycles. The van der Waals surface area contributed by atoms with Crippen molar-refractivity contribution in [2.45, 2.75) is 6.92 Å². The third kappa shape index (κ3) is 1.07. The van der Waals surface area contributed by atoms with Crippen LogP contribution in [0.1, 0.15) is 5.69 Å². The molecular weight excluding hydrogens is 156 g/mol. The van der Waals surface area contributed by atoms with E-state index in [-0.39, 0.29) is 0 Å². The van der Waals surface area contributed by atoms with Crippen LogP contribution < -0.4 is 0 Å². The number of nitrogens with zero attached hydrogens (tertiary/aromatic N) is 2. The molecule has 0 aliphatic carbocycles. The largest absolute Gasteiger partial charge is 0.297 e. The Balaban J connectivity index is 2.53. The van der Waals surface area contributed by atoms with Gasteiger partial charge < -0.3 is 0 Å². The minimum Gasteiger partial charge on any atom is -0.297 e. The first-order valence-corrected chi connectivity index (χ1v) is 4.30. The first-order chi connectivity index (χ1) is 5.38. The molecule has 0 unspecified atom stereocenters. The molecule has 0 aliphatic heterocycles. The molecule has 2 nitrogen and oxygen atoms in total. The maximum Gasteiger partial charge on any atom is 0.193 e. The first kappa shape index (κ1) is 6.61. The molecule has 2 aromatic rings. The molecule has 2 heterocycles. The lowest BCUT2D eigenvalue weighted by atomic mass is 10.5. The summed E-state index contributed by atoms with van der Waals surface area (Å²) in [6.07, 6.45) is 3.84. The molecule has 0 saturated carbocycles. The standard InChI is InChI=1S/C8H8N2S/c1-7-3-2-5-10(7)8-9-4-6-11-8/h2-6H,1H3. The molecule has 0 bridgehead atoms. The predicted molar refractivity (Wildman–Crippen MR) is 46.2 cm³/mol. The fraction of sp³-hybridized carbons (Fsp3) is 0.125. The summed E-state index contributed by atoms with van der Waals surface area (Å²) in [7, 11) is 0. The Morgan fingerprint density at radius 1 is 1.55 bits per heavy atom. The lowest BCUT2D eigenvalue weighted by Crippen LogP contribution is -1.91. The maximum atomic E-state index is 4.20. The number of thiazole rings is 1. The van der Waals surface area contributed by atoms with Gasteiger partial charge in [-0.2, -0.15) is 0 Å². The van der Waals surface area contributed by atoms with Gasteiger partial charge >= 0.3 is 0 Å². The van der Waals surface area contributed by atoms with Crippen molar-refractivity contribution in [3.8, 4) is 5.13 Å². The van der Waals surface area contributed by atoms with Crippen LogP contribution in [0.2, 0.25) is 0 Å². The van der Waals surface area contributed by atoms with E-state index < -0.39 is 0 Å². The van der Waals surface area contributed by atoms with Crippen molar-refractivity contribution in [3.63, 3.8) is 0 Å². The minimum atomic E-state index is 1.03. The highest BCUT2D eigenvalue weighted by molar-refractivity contribution is 7.12. The molecule has 0 aliphatic rings. The van der Waals surface area contributed by atoms with Gasteiger partial charge in [0.1, 0.15) is 0 Å². The van der Waals surface area contributed by atoms with Crippen LogP contribution in [0.3, 0.4) is 0 Å². The lowest BCUT2D eigenvalue weighted by molar-refractivity contribution is 0.995. The van der Waals surface area contributed by atoms with Gasteiger partial charge in [-0.05, 0) is 19.1 Å². The SMILES string of the molecule is Cc1cccn1-c1nccs1. The second-order valence-electron chi connectivity index (χ2n) is 2.33. The predicted octanol–water partition coefficient (Wildman–Crippen LogP) is 2.24. The molecule has 0 aromatic carbocycles. The fourth-order valence-corrected chi connectivity index (χ4v) is 1.70. The molecule has 11 heavy (non-hydrogen) atoms. The molecule has 0 saturated heterocycles. The maximum absolute atomic E-state index is 4.20. The summed E-state index contributed by atoms with van der Waals surface area (Å²) in [5.41, 5.74) is 1.22. The van der Waals surface area contributed by atoms with Gasteiger partial charge in [-0.25, -0.2) is 4.98 Å². The van der Waals surface area contributed by atoms with Gasteiger partial charge in [0, 0.05) is 23.5 Å². The van der Waals surface area contributed by atoms with Crippen molar-refractivity contribution >= 4 is 11.3 Å². The lowest BCUT2D eigenvalue weighted by Gasteiger charge is -1.98. The summed E-state index contributed by atoms with van der Waals surface area (Å²) >= 11 is 1.65. The molecule has 2 rings (SSSR count). The number of hydrogen-bond donors (Lipinski definition) is 0. The fourth-order valence-electron chi connectivity index (χ4n) is 1.02. The topological polar surface area (TPSA) is 17.8 Å². The van der Waals surface area contributed by atoms with Crippen LogP contribution in [0.15, 0.2) is 29.9 Å². The molecule has 0 amide bonds. The average molecular weight is 164 g/mol. The van der Waals surface area contributed by atoms with Crippen molar-refractivity contribution in [3.05, 3.63) is 35.6 Å². The summed E-state index contributed by atoms with van der Waals surface area (Å²) in [6.45, 7) is 2.07. The Kier molecular flexibility index (Phi) is 1.51. The Morgan fingerprint density at radius 3 is 3.00 bits per heavy atom. The Labute approximate surface area is 69.1 Å². The number of aryl methyl sites for hydroxylation is 1. The van der Waals surface area contributed by atoms with Crippen LogP contribution >= 0.6 is 11.3 Å². The number of hydrogen-bond acceptors (Lipinski definition) is 2. The second-order valence-corrected chi connectivity index (χ2v) is 3.21. The van der Waals surface area contributed by atoms with Gasteiger partial charge in [-0.1, -0.05) is 0 Å². The summed E-state index contributed by atoms with van der Waals surface area (Å²) in [4.78, 5) is 4.20. The molecular formula is C8H8N2S. The van der Waals surface area contributed by atoms with Gasteiger partial charge in [0.2, 0.25) is 0 Å². The molecule has 56 valence electrons. The smallest absolute Gasteiger partial charge is 0.193 e. The van der Waals surface area contributed by atoms with Gasteiger partial charge in [0.05, 0.1) is 0 Å². The zero-order valence-corrected chi connectivity index (χ0v) is 7.01. The van der Waals surface area contributed by atoms with Crippen molar-refractivity contribution in [1.82, 2.24) is 9.55 Å². The van der Waals surface area contributed by atoms with Crippen LogP contribution in [0.4, 0.5) is 0 Å². The van der Waals surface area contributed by atoms with E-state index in [0.29, 0.717) is 0 Å². The number of rotatable bonds is 1. The van der Waals surface area contributed by atoms with E-state index >= 15 is 0 Å². The van der Waals surface area contributed by atoms with E-state index in [1.165, 1.54) is 5.69 Å². The highest BCUT2D eigenvalue weighted by atomic mass is 32.1. The van der Waals surface area contributed by atoms with E-state index in [0.717, 1.165) is 5.13 Å². The van der Waals surface area contributed by atoms with Crippen LogP contribution in [-0.4, -0.2) is 9.55 Å². The Hall–Kier alpha value is -1.09. The molecule has 0 atom stereocenters. The van der Waals surface area contributed by atoms with E-state index in [9.17, 15) is 0 Å². The van der Waals surface area contributed by atoms with E-state index in [4.69, 9.17) is 0 Å². The Bertz CT molecular complexity index is 335. The van der Waals surface area contributed by atoms with E-state index in [2.05, 4.69) is 22.5 Å². The van der Waals surface area contributed by atoms with Crippen molar-refractivity contribution in [2.24, 2.45) is 0 Å². The van der Waals surface area contributed by atoms with Crippen LogP contribution in [0, 0.1) is 6.92 Å². The molecule has 3 heteroatoms. The highest BCUT2D eigenvalue weighted by Gasteiger charge is 1.98. The van der Waals surface area contributed by atoms with Crippen LogP contribution in [0.5, 0.6) is 0 Å². The van der Waals surface area contributed by atoms with E-state index in [1.807, 2.05) is 23.8 Å². The van der Waals surface area contributed by atoms with Crippen LogP contribution in [-0.2, 0) is 0 Å². The van der Waals surface area contributed by atoms with Crippen molar-refractivity contribution < 1.29 is 0 Å².